The molecule has 0 saturated heterocycles. The highest BCUT2D eigenvalue weighted by Crippen LogP contribution is 2.49. The van der Waals surface area contributed by atoms with Gasteiger partial charge < -0.3 is 10.2 Å². The number of hydrogen-bond acceptors (Lipinski definition) is 2. The molecule has 2 rings (SSSR count). The Morgan fingerprint density at radius 1 is 1.47 bits per heavy atom. The van der Waals surface area contributed by atoms with Crippen molar-refractivity contribution in [3.63, 3.8) is 0 Å². The van der Waals surface area contributed by atoms with E-state index in [1.54, 1.807) is 0 Å². The van der Waals surface area contributed by atoms with Crippen molar-refractivity contribution in [2.75, 3.05) is 27.2 Å². The molecule has 1 aromatic carbocycles. The van der Waals surface area contributed by atoms with E-state index in [1.807, 2.05) is 43.3 Å². The summed E-state index contributed by atoms with van der Waals surface area (Å²) in [6.45, 7) is 1.55. The van der Waals surface area contributed by atoms with E-state index in [9.17, 15) is 4.79 Å². The molecule has 0 aliphatic heterocycles. The van der Waals surface area contributed by atoms with Crippen LogP contribution >= 0.6 is 24.0 Å². The van der Waals surface area contributed by atoms with Gasteiger partial charge in [0, 0.05) is 25.2 Å². The van der Waals surface area contributed by atoms with Gasteiger partial charge in [-0.2, -0.15) is 0 Å². The van der Waals surface area contributed by atoms with Crippen LogP contribution in [0, 0.1) is 0 Å². The standard InChI is InChI=1S/C14H19ClN2O.ClH/c1-16-8-9-17(2)13(18)14(6-7-14)11-4-3-5-12(15)10-11;/h3-5,10,16H,6-9H2,1-2H3;1H. The molecule has 0 unspecified atom stereocenters. The fourth-order valence-corrected chi connectivity index (χ4v) is 2.47. The van der Waals surface area contributed by atoms with Crippen molar-refractivity contribution in [3.05, 3.63) is 34.9 Å². The van der Waals surface area contributed by atoms with E-state index in [0.29, 0.717) is 5.02 Å². The van der Waals surface area contributed by atoms with Crippen molar-refractivity contribution < 1.29 is 4.79 Å². The molecule has 19 heavy (non-hydrogen) atoms. The lowest BCUT2D eigenvalue weighted by atomic mass is 9.94. The van der Waals surface area contributed by atoms with Gasteiger partial charge in [0.2, 0.25) is 5.91 Å². The number of carbonyl (C=O) groups excluding carboxylic acids is 1. The second kappa shape index (κ2) is 6.60. The quantitative estimate of drug-likeness (QED) is 0.906. The summed E-state index contributed by atoms with van der Waals surface area (Å²) in [5, 5.41) is 3.76. The van der Waals surface area contributed by atoms with E-state index in [0.717, 1.165) is 31.5 Å². The van der Waals surface area contributed by atoms with Gasteiger partial charge in [-0.05, 0) is 37.6 Å². The molecule has 0 atom stereocenters. The number of nitrogens with zero attached hydrogens (tertiary/aromatic N) is 1. The molecular weight excluding hydrogens is 283 g/mol. The molecule has 106 valence electrons. The normalized spacial score (nSPS) is 15.5. The van der Waals surface area contributed by atoms with Gasteiger partial charge in [0.25, 0.3) is 0 Å². The van der Waals surface area contributed by atoms with E-state index in [-0.39, 0.29) is 23.7 Å². The molecule has 5 heteroatoms. The Labute approximate surface area is 125 Å². The zero-order valence-electron chi connectivity index (χ0n) is 11.3. The Balaban J connectivity index is 0.00000180. The maximum absolute atomic E-state index is 12.5. The Morgan fingerprint density at radius 3 is 2.68 bits per heavy atom. The third-order valence-electron chi connectivity index (χ3n) is 3.58. The minimum absolute atomic E-state index is 0. The van der Waals surface area contributed by atoms with Crippen molar-refractivity contribution in [1.82, 2.24) is 10.2 Å². The average molecular weight is 303 g/mol. The van der Waals surface area contributed by atoms with Crippen LogP contribution in [0.2, 0.25) is 5.02 Å². The summed E-state index contributed by atoms with van der Waals surface area (Å²) in [5.41, 5.74) is 0.740. The predicted octanol–water partition coefficient (Wildman–Crippen LogP) is 2.47. The van der Waals surface area contributed by atoms with Gasteiger partial charge >= 0.3 is 0 Å². The Morgan fingerprint density at radius 2 is 2.16 bits per heavy atom. The Kier molecular flexibility index (Phi) is 5.65. The van der Waals surface area contributed by atoms with Gasteiger partial charge in [-0.1, -0.05) is 23.7 Å². The van der Waals surface area contributed by atoms with Gasteiger partial charge in [0.15, 0.2) is 0 Å². The van der Waals surface area contributed by atoms with E-state index < -0.39 is 0 Å². The highest BCUT2D eigenvalue weighted by Gasteiger charge is 2.52. The average Bonchev–Trinajstić information content (AvgIpc) is 3.16. The highest BCUT2D eigenvalue weighted by molar-refractivity contribution is 6.30. The molecule has 1 amide bonds. The lowest BCUT2D eigenvalue weighted by Gasteiger charge is -2.24. The summed E-state index contributed by atoms with van der Waals surface area (Å²) in [7, 11) is 3.76. The third-order valence-corrected chi connectivity index (χ3v) is 3.82. The third kappa shape index (κ3) is 3.41. The van der Waals surface area contributed by atoms with Gasteiger partial charge in [0.05, 0.1) is 5.41 Å². The molecule has 0 radical (unpaired) electrons. The van der Waals surface area contributed by atoms with Crippen LogP contribution in [-0.2, 0) is 10.2 Å². The number of rotatable bonds is 5. The maximum Gasteiger partial charge on any atom is 0.233 e. The number of nitrogens with one attached hydrogen (secondary N) is 1. The number of likely N-dealkylation sites (N-methyl/N-ethyl adjacent to an activating group) is 2. The molecule has 0 bridgehead atoms. The number of amides is 1. The Hall–Kier alpha value is -0.770. The van der Waals surface area contributed by atoms with E-state index in [4.69, 9.17) is 11.6 Å². The second-order valence-corrected chi connectivity index (χ2v) is 5.36. The van der Waals surface area contributed by atoms with Crippen LogP contribution in [-0.4, -0.2) is 38.0 Å². The van der Waals surface area contributed by atoms with Gasteiger partial charge in [-0.3, -0.25) is 4.79 Å². The molecule has 1 aromatic rings. The molecule has 1 fully saturated rings. The van der Waals surface area contributed by atoms with Crippen LogP contribution in [0.15, 0.2) is 24.3 Å². The fourth-order valence-electron chi connectivity index (χ4n) is 2.28. The first kappa shape index (κ1) is 16.3. The summed E-state index contributed by atoms with van der Waals surface area (Å²) < 4.78 is 0. The molecule has 3 nitrogen and oxygen atoms in total. The summed E-state index contributed by atoms with van der Waals surface area (Å²) in [6.07, 6.45) is 1.85. The Bertz CT molecular complexity index is 447. The van der Waals surface area contributed by atoms with Crippen LogP contribution in [0.25, 0.3) is 0 Å². The first-order valence-corrected chi connectivity index (χ1v) is 6.64. The molecular formula is C14H20Cl2N2O. The van der Waals surface area contributed by atoms with Crippen LogP contribution in [0.4, 0.5) is 0 Å². The van der Waals surface area contributed by atoms with Gasteiger partial charge in [0.1, 0.15) is 0 Å². The van der Waals surface area contributed by atoms with Crippen LogP contribution < -0.4 is 5.32 Å². The van der Waals surface area contributed by atoms with E-state index >= 15 is 0 Å². The molecule has 0 spiro atoms. The summed E-state index contributed by atoms with van der Waals surface area (Å²) in [4.78, 5) is 14.3. The van der Waals surface area contributed by atoms with Crippen molar-refractivity contribution in [3.8, 4) is 0 Å². The van der Waals surface area contributed by atoms with Crippen LogP contribution in [0.1, 0.15) is 18.4 Å². The van der Waals surface area contributed by atoms with Crippen molar-refractivity contribution in [2.24, 2.45) is 0 Å². The number of benzene rings is 1. The van der Waals surface area contributed by atoms with Crippen LogP contribution in [0.5, 0.6) is 0 Å². The maximum atomic E-state index is 12.5. The minimum Gasteiger partial charge on any atom is -0.344 e. The summed E-state index contributed by atoms with van der Waals surface area (Å²) in [5.74, 6) is 0.208. The van der Waals surface area contributed by atoms with Crippen molar-refractivity contribution in [2.45, 2.75) is 18.3 Å². The largest absolute Gasteiger partial charge is 0.344 e. The minimum atomic E-state index is -0.312. The topological polar surface area (TPSA) is 32.3 Å². The first-order valence-electron chi connectivity index (χ1n) is 6.26. The van der Waals surface area contributed by atoms with Gasteiger partial charge in [-0.25, -0.2) is 0 Å². The number of hydrogen-bond donors (Lipinski definition) is 1. The predicted molar refractivity (Wildman–Crippen MR) is 81.2 cm³/mol. The molecule has 0 heterocycles. The van der Waals surface area contributed by atoms with Gasteiger partial charge in [-0.15, -0.1) is 12.4 Å². The monoisotopic (exact) mass is 302 g/mol. The first-order chi connectivity index (χ1) is 8.60. The summed E-state index contributed by atoms with van der Waals surface area (Å²) >= 11 is 6.01. The van der Waals surface area contributed by atoms with E-state index in [1.165, 1.54) is 0 Å². The molecule has 1 aliphatic rings. The van der Waals surface area contributed by atoms with Crippen molar-refractivity contribution in [1.29, 1.82) is 0 Å². The van der Waals surface area contributed by atoms with Crippen LogP contribution in [0.3, 0.4) is 0 Å². The molecule has 0 aromatic heterocycles. The van der Waals surface area contributed by atoms with Crippen molar-refractivity contribution >= 4 is 29.9 Å². The lowest BCUT2D eigenvalue weighted by Crippen LogP contribution is -2.39. The smallest absolute Gasteiger partial charge is 0.233 e. The van der Waals surface area contributed by atoms with E-state index in [2.05, 4.69) is 5.32 Å². The summed E-state index contributed by atoms with van der Waals surface area (Å²) in [6, 6.07) is 7.68. The second-order valence-electron chi connectivity index (χ2n) is 4.92. The molecule has 1 N–H and O–H groups in total. The molecule has 1 saturated carbocycles. The highest BCUT2D eigenvalue weighted by atomic mass is 35.5. The number of carbonyl (C=O) groups is 1. The fraction of sp³-hybridized carbons (Fsp3) is 0.500. The number of halogens is 2. The SMILES string of the molecule is CNCCN(C)C(=O)C1(c2cccc(Cl)c2)CC1.Cl. The lowest BCUT2D eigenvalue weighted by molar-refractivity contribution is -0.132. The molecule has 1 aliphatic carbocycles. The zero-order chi connectivity index (χ0) is 13.2. The zero-order valence-corrected chi connectivity index (χ0v) is 12.9.